The zero-order valence-corrected chi connectivity index (χ0v) is 6.09. The molecule has 1 aromatic heterocycles. The van der Waals surface area contributed by atoms with Crippen LogP contribution in [0.3, 0.4) is 0 Å². The summed E-state index contributed by atoms with van der Waals surface area (Å²) in [5, 5.41) is 0.491. The highest BCUT2D eigenvalue weighted by molar-refractivity contribution is 7.71. The second-order valence-electron chi connectivity index (χ2n) is 1.61. The topological polar surface area (TPSA) is 41.8 Å². The molecule has 0 radical (unpaired) electrons. The van der Waals surface area contributed by atoms with Gasteiger partial charge in [0.25, 0.3) is 0 Å². The molecule has 3 N–H and O–H groups in total. The fraction of sp³-hybridized carbons (Fsp3) is 0. The van der Waals surface area contributed by atoms with Gasteiger partial charge in [0.05, 0.1) is 5.02 Å². The maximum Gasteiger partial charge on any atom is 0.122 e. The van der Waals surface area contributed by atoms with Crippen molar-refractivity contribution >= 4 is 29.5 Å². The number of H-pyrrole nitrogens is 1. The number of pyridine rings is 1. The van der Waals surface area contributed by atoms with Crippen molar-refractivity contribution in [3.63, 3.8) is 0 Å². The van der Waals surface area contributed by atoms with Crippen LogP contribution in [0.1, 0.15) is 0 Å². The van der Waals surface area contributed by atoms with Crippen LogP contribution in [0.5, 0.6) is 0 Å². The van der Waals surface area contributed by atoms with E-state index in [1.54, 1.807) is 12.3 Å². The quantitative estimate of drug-likeness (QED) is 0.570. The van der Waals surface area contributed by atoms with Gasteiger partial charge in [-0.3, -0.25) is 0 Å². The van der Waals surface area contributed by atoms with Crippen LogP contribution in [-0.4, -0.2) is 4.98 Å². The van der Waals surface area contributed by atoms with Gasteiger partial charge in [-0.05, 0) is 6.07 Å². The molecule has 1 heterocycles. The van der Waals surface area contributed by atoms with Crippen molar-refractivity contribution in [2.45, 2.75) is 0 Å². The van der Waals surface area contributed by atoms with E-state index in [-0.39, 0.29) is 0 Å². The minimum absolute atomic E-state index is 0.491. The molecule has 0 aromatic carbocycles. The van der Waals surface area contributed by atoms with Gasteiger partial charge in [-0.2, -0.15) is 0 Å². The maximum absolute atomic E-state index is 5.60. The Morgan fingerprint density at radius 3 is 2.78 bits per heavy atom. The fourth-order valence-corrected chi connectivity index (χ4v) is 0.770. The lowest BCUT2D eigenvalue weighted by Gasteiger charge is -1.91. The van der Waals surface area contributed by atoms with Gasteiger partial charge in [0, 0.05) is 11.9 Å². The summed E-state index contributed by atoms with van der Waals surface area (Å²) in [5.41, 5.74) is 5.96. The second-order valence-corrected chi connectivity index (χ2v) is 2.43. The molecule has 0 aliphatic heterocycles. The molecule has 0 amide bonds. The molecule has 0 atom stereocenters. The highest BCUT2D eigenvalue weighted by Gasteiger charge is 1.89. The van der Waals surface area contributed by atoms with Crippen molar-refractivity contribution in [3.05, 3.63) is 21.9 Å². The van der Waals surface area contributed by atoms with E-state index in [4.69, 9.17) is 29.6 Å². The van der Waals surface area contributed by atoms with Crippen LogP contribution in [0, 0.1) is 4.64 Å². The summed E-state index contributed by atoms with van der Waals surface area (Å²) in [7, 11) is 0. The molecule has 1 aromatic rings. The zero-order chi connectivity index (χ0) is 6.85. The molecule has 0 saturated carbocycles. The molecule has 0 saturated heterocycles. The number of nitrogen functional groups attached to an aromatic ring is 1. The second kappa shape index (κ2) is 2.37. The number of hydrogen-bond donors (Lipinski definition) is 2. The standard InChI is InChI=1S/C5H5ClN2S/c6-4-1-3(7)2-8-5(4)9/h1-2H,7H2,(H,8,9). The lowest BCUT2D eigenvalue weighted by atomic mass is 10.4. The summed E-state index contributed by atoms with van der Waals surface area (Å²) >= 11 is 10.4. The first-order valence-electron chi connectivity index (χ1n) is 2.34. The molecule has 2 nitrogen and oxygen atoms in total. The van der Waals surface area contributed by atoms with Gasteiger partial charge in [-0.15, -0.1) is 0 Å². The maximum atomic E-state index is 5.60. The van der Waals surface area contributed by atoms with Crippen molar-refractivity contribution in [2.75, 3.05) is 5.73 Å². The first-order chi connectivity index (χ1) is 4.20. The Kier molecular flexibility index (Phi) is 1.73. The lowest BCUT2D eigenvalue weighted by Crippen LogP contribution is -1.85. The Bertz CT molecular complexity index is 268. The third-order valence-electron chi connectivity index (χ3n) is 0.880. The van der Waals surface area contributed by atoms with E-state index >= 15 is 0 Å². The van der Waals surface area contributed by atoms with Crippen molar-refractivity contribution in [2.24, 2.45) is 0 Å². The first-order valence-corrected chi connectivity index (χ1v) is 3.12. The van der Waals surface area contributed by atoms with E-state index in [1.807, 2.05) is 0 Å². The minimum Gasteiger partial charge on any atom is -0.398 e. The Labute approximate surface area is 62.7 Å². The van der Waals surface area contributed by atoms with Crippen molar-refractivity contribution in [1.82, 2.24) is 4.98 Å². The predicted molar refractivity (Wildman–Crippen MR) is 41.0 cm³/mol. The van der Waals surface area contributed by atoms with Gasteiger partial charge in [-0.1, -0.05) is 23.8 Å². The predicted octanol–water partition coefficient (Wildman–Crippen LogP) is 1.98. The minimum atomic E-state index is 0.491. The smallest absolute Gasteiger partial charge is 0.122 e. The molecule has 4 heteroatoms. The van der Waals surface area contributed by atoms with Crippen LogP contribution < -0.4 is 5.73 Å². The van der Waals surface area contributed by atoms with Gasteiger partial charge < -0.3 is 10.7 Å². The van der Waals surface area contributed by atoms with E-state index in [0.717, 1.165) is 0 Å². The molecule has 48 valence electrons. The molecular formula is C5H5ClN2S. The monoisotopic (exact) mass is 160 g/mol. The normalized spacial score (nSPS) is 9.44. The Morgan fingerprint density at radius 1 is 1.67 bits per heavy atom. The van der Waals surface area contributed by atoms with Crippen LogP contribution in [0.25, 0.3) is 0 Å². The van der Waals surface area contributed by atoms with Gasteiger partial charge in [0.2, 0.25) is 0 Å². The molecule has 0 spiro atoms. The van der Waals surface area contributed by atoms with Crippen LogP contribution >= 0.6 is 23.8 Å². The van der Waals surface area contributed by atoms with Crippen LogP contribution in [-0.2, 0) is 0 Å². The largest absolute Gasteiger partial charge is 0.398 e. The van der Waals surface area contributed by atoms with Crippen molar-refractivity contribution < 1.29 is 0 Å². The lowest BCUT2D eigenvalue weighted by molar-refractivity contribution is 1.30. The summed E-state index contributed by atoms with van der Waals surface area (Å²) < 4.78 is 0.519. The van der Waals surface area contributed by atoms with Crippen LogP contribution in [0.2, 0.25) is 5.02 Å². The SMILES string of the molecule is Nc1c[nH]c(=S)c(Cl)c1. The van der Waals surface area contributed by atoms with Gasteiger partial charge in [-0.25, -0.2) is 0 Å². The van der Waals surface area contributed by atoms with E-state index in [2.05, 4.69) is 4.98 Å². The van der Waals surface area contributed by atoms with Crippen molar-refractivity contribution in [3.8, 4) is 0 Å². The average molecular weight is 161 g/mol. The summed E-state index contributed by atoms with van der Waals surface area (Å²) in [6.07, 6.45) is 1.61. The molecule has 9 heavy (non-hydrogen) atoms. The number of nitrogens with one attached hydrogen (secondary N) is 1. The van der Waals surface area contributed by atoms with E-state index < -0.39 is 0 Å². The molecular weight excluding hydrogens is 156 g/mol. The molecule has 0 unspecified atom stereocenters. The molecule has 1 rings (SSSR count). The summed E-state index contributed by atoms with van der Waals surface area (Å²) in [5.74, 6) is 0. The summed E-state index contributed by atoms with van der Waals surface area (Å²) in [6, 6.07) is 1.61. The third kappa shape index (κ3) is 1.43. The Hall–Kier alpha value is -0.540. The zero-order valence-electron chi connectivity index (χ0n) is 4.52. The number of anilines is 1. The van der Waals surface area contributed by atoms with Gasteiger partial charge in [0.15, 0.2) is 0 Å². The number of aromatic amines is 1. The summed E-state index contributed by atoms with van der Waals surface area (Å²) in [6.45, 7) is 0. The number of halogens is 1. The molecule has 0 fully saturated rings. The number of aromatic nitrogens is 1. The summed E-state index contributed by atoms with van der Waals surface area (Å²) in [4.78, 5) is 2.73. The van der Waals surface area contributed by atoms with E-state index in [0.29, 0.717) is 15.4 Å². The first kappa shape index (κ1) is 6.58. The molecule has 0 aliphatic carbocycles. The van der Waals surface area contributed by atoms with Gasteiger partial charge >= 0.3 is 0 Å². The average Bonchev–Trinajstić information content (AvgIpc) is 1.80. The van der Waals surface area contributed by atoms with E-state index in [1.165, 1.54) is 0 Å². The Morgan fingerprint density at radius 2 is 2.33 bits per heavy atom. The number of hydrogen-bond acceptors (Lipinski definition) is 2. The molecule has 0 aliphatic rings. The number of nitrogens with two attached hydrogens (primary N) is 1. The molecule has 0 bridgehead atoms. The Balaban J connectivity index is 3.34. The van der Waals surface area contributed by atoms with E-state index in [9.17, 15) is 0 Å². The fourth-order valence-electron chi connectivity index (χ4n) is 0.471. The van der Waals surface area contributed by atoms with Crippen LogP contribution in [0.4, 0.5) is 5.69 Å². The van der Waals surface area contributed by atoms with Gasteiger partial charge in [0.1, 0.15) is 4.64 Å². The highest BCUT2D eigenvalue weighted by atomic mass is 35.5. The highest BCUT2D eigenvalue weighted by Crippen LogP contribution is 2.11. The van der Waals surface area contributed by atoms with Crippen molar-refractivity contribution in [1.29, 1.82) is 0 Å². The number of rotatable bonds is 0. The van der Waals surface area contributed by atoms with Crippen LogP contribution in [0.15, 0.2) is 12.3 Å². The third-order valence-corrected chi connectivity index (χ3v) is 1.63.